The number of aryl methyl sites for hydroxylation is 2. The van der Waals surface area contributed by atoms with Gasteiger partial charge in [0.2, 0.25) is 0 Å². The maximum absolute atomic E-state index is 13.0. The Labute approximate surface area is 161 Å². The number of rotatable bonds is 8. The number of ether oxygens (including phenoxy) is 2. The first-order valence-corrected chi connectivity index (χ1v) is 9.22. The Morgan fingerprint density at radius 3 is 2.61 bits per heavy atom. The summed E-state index contributed by atoms with van der Waals surface area (Å²) in [6.45, 7) is 5.84. The number of nitrogens with zero attached hydrogens (tertiary/aromatic N) is 2. The molecular formula is C21H23F3N2O2. The average Bonchev–Trinajstić information content (AvgIpc) is 3.01. The van der Waals surface area contributed by atoms with E-state index in [0.717, 1.165) is 29.9 Å². The number of halogens is 3. The molecule has 0 N–H and O–H groups in total. The monoisotopic (exact) mass is 392 g/mol. The fraction of sp³-hybridized carbons (Fsp3) is 0.381. The van der Waals surface area contributed by atoms with Crippen molar-refractivity contribution in [3.63, 3.8) is 0 Å². The molecule has 0 bridgehead atoms. The molecule has 0 radical (unpaired) electrons. The minimum atomic E-state index is -4.40. The normalized spacial score (nSPS) is 11.9. The third-order valence-electron chi connectivity index (χ3n) is 4.48. The number of aromatic nitrogens is 2. The van der Waals surface area contributed by atoms with Crippen LogP contribution in [0, 0.1) is 6.92 Å². The molecule has 2 aromatic carbocycles. The van der Waals surface area contributed by atoms with E-state index in [1.807, 2.05) is 42.7 Å². The van der Waals surface area contributed by atoms with Crippen LogP contribution >= 0.6 is 0 Å². The lowest BCUT2D eigenvalue weighted by atomic mass is 10.2. The zero-order valence-corrected chi connectivity index (χ0v) is 15.9. The summed E-state index contributed by atoms with van der Waals surface area (Å²) in [6.07, 6.45) is -3.66. The molecule has 3 aromatic rings. The SMILES string of the molecule is CCOCCCn1c(COc2ccccc2C)nc2cc(C(F)(F)F)ccc21. The van der Waals surface area contributed by atoms with Crippen LogP contribution in [0.3, 0.4) is 0 Å². The van der Waals surface area contributed by atoms with Gasteiger partial charge in [0.05, 0.1) is 16.6 Å². The lowest BCUT2D eigenvalue weighted by molar-refractivity contribution is -0.137. The molecule has 0 amide bonds. The van der Waals surface area contributed by atoms with Crippen LogP contribution in [0.25, 0.3) is 11.0 Å². The van der Waals surface area contributed by atoms with E-state index >= 15 is 0 Å². The van der Waals surface area contributed by atoms with E-state index in [0.29, 0.717) is 36.6 Å². The Kier molecular flexibility index (Phi) is 6.24. The largest absolute Gasteiger partial charge is 0.485 e. The van der Waals surface area contributed by atoms with E-state index in [4.69, 9.17) is 9.47 Å². The lowest BCUT2D eigenvalue weighted by Crippen LogP contribution is -2.10. The van der Waals surface area contributed by atoms with Gasteiger partial charge in [-0.3, -0.25) is 0 Å². The van der Waals surface area contributed by atoms with Crippen LogP contribution in [0.1, 0.15) is 30.3 Å². The molecule has 0 saturated heterocycles. The van der Waals surface area contributed by atoms with Crippen molar-refractivity contribution in [2.75, 3.05) is 13.2 Å². The lowest BCUT2D eigenvalue weighted by Gasteiger charge is -2.12. The summed E-state index contributed by atoms with van der Waals surface area (Å²) >= 11 is 0. The van der Waals surface area contributed by atoms with Crippen LogP contribution in [-0.4, -0.2) is 22.8 Å². The molecule has 0 atom stereocenters. The molecule has 1 aromatic heterocycles. The van der Waals surface area contributed by atoms with Crippen LogP contribution < -0.4 is 4.74 Å². The first-order valence-electron chi connectivity index (χ1n) is 9.22. The molecule has 0 aliphatic heterocycles. The van der Waals surface area contributed by atoms with E-state index in [2.05, 4.69) is 4.98 Å². The summed E-state index contributed by atoms with van der Waals surface area (Å²) in [7, 11) is 0. The quantitative estimate of drug-likeness (QED) is 0.484. The summed E-state index contributed by atoms with van der Waals surface area (Å²) in [5.41, 5.74) is 1.26. The molecule has 0 aliphatic carbocycles. The van der Waals surface area contributed by atoms with Gasteiger partial charge in [0.1, 0.15) is 18.2 Å². The van der Waals surface area contributed by atoms with Crippen molar-refractivity contribution in [3.05, 3.63) is 59.4 Å². The summed E-state index contributed by atoms with van der Waals surface area (Å²) in [6, 6.07) is 11.3. The second-order valence-electron chi connectivity index (χ2n) is 6.49. The van der Waals surface area contributed by atoms with Gasteiger partial charge in [0.15, 0.2) is 0 Å². The fourth-order valence-corrected chi connectivity index (χ4v) is 3.05. The third-order valence-corrected chi connectivity index (χ3v) is 4.48. The molecule has 4 nitrogen and oxygen atoms in total. The van der Waals surface area contributed by atoms with Crippen LogP contribution in [-0.2, 0) is 24.1 Å². The Morgan fingerprint density at radius 2 is 1.89 bits per heavy atom. The Morgan fingerprint density at radius 1 is 1.11 bits per heavy atom. The van der Waals surface area contributed by atoms with E-state index in [1.54, 1.807) is 0 Å². The number of hydrogen-bond donors (Lipinski definition) is 0. The number of hydrogen-bond acceptors (Lipinski definition) is 3. The highest BCUT2D eigenvalue weighted by molar-refractivity contribution is 5.77. The predicted octanol–water partition coefficient (Wildman–Crippen LogP) is 5.37. The highest BCUT2D eigenvalue weighted by Gasteiger charge is 2.31. The van der Waals surface area contributed by atoms with Crippen LogP contribution in [0.5, 0.6) is 5.75 Å². The van der Waals surface area contributed by atoms with Gasteiger partial charge < -0.3 is 14.0 Å². The molecule has 28 heavy (non-hydrogen) atoms. The number of alkyl halides is 3. The summed E-state index contributed by atoms with van der Waals surface area (Å²) < 4.78 is 52.3. The zero-order valence-electron chi connectivity index (χ0n) is 15.9. The summed E-state index contributed by atoms with van der Waals surface area (Å²) in [5, 5.41) is 0. The standard InChI is InChI=1S/C21H23F3N2O2/c1-3-27-12-6-11-26-18-10-9-16(21(22,23)24)13-17(18)25-20(26)14-28-19-8-5-4-7-15(19)2/h4-5,7-10,13H,3,6,11-12,14H2,1-2H3. The van der Waals surface area contributed by atoms with Gasteiger partial charge in [-0.2, -0.15) is 13.2 Å². The van der Waals surface area contributed by atoms with Crippen LogP contribution in [0.2, 0.25) is 0 Å². The van der Waals surface area contributed by atoms with Crippen LogP contribution in [0.15, 0.2) is 42.5 Å². The number of para-hydroxylation sites is 1. The molecule has 7 heteroatoms. The minimum absolute atomic E-state index is 0.176. The van der Waals surface area contributed by atoms with Crippen molar-refractivity contribution < 1.29 is 22.6 Å². The topological polar surface area (TPSA) is 36.3 Å². The van der Waals surface area contributed by atoms with Crippen molar-refractivity contribution in [1.29, 1.82) is 0 Å². The van der Waals surface area contributed by atoms with Gasteiger partial charge >= 0.3 is 6.18 Å². The van der Waals surface area contributed by atoms with Gasteiger partial charge in [0.25, 0.3) is 0 Å². The molecule has 150 valence electrons. The van der Waals surface area contributed by atoms with E-state index in [1.165, 1.54) is 6.07 Å². The highest BCUT2D eigenvalue weighted by atomic mass is 19.4. The molecule has 0 saturated carbocycles. The molecule has 0 unspecified atom stereocenters. The minimum Gasteiger partial charge on any atom is -0.485 e. The maximum Gasteiger partial charge on any atom is 0.416 e. The first kappa shape index (κ1) is 20.2. The van der Waals surface area contributed by atoms with Crippen molar-refractivity contribution in [1.82, 2.24) is 9.55 Å². The van der Waals surface area contributed by atoms with Crippen LogP contribution in [0.4, 0.5) is 13.2 Å². The first-order chi connectivity index (χ1) is 13.4. The molecule has 0 aliphatic rings. The van der Waals surface area contributed by atoms with Crippen molar-refractivity contribution in [2.45, 2.75) is 39.6 Å². The summed E-state index contributed by atoms with van der Waals surface area (Å²) in [5.74, 6) is 1.32. The number of benzene rings is 2. The van der Waals surface area contributed by atoms with Crippen molar-refractivity contribution in [3.8, 4) is 5.75 Å². The molecule has 0 spiro atoms. The number of fused-ring (bicyclic) bond motifs is 1. The second-order valence-corrected chi connectivity index (χ2v) is 6.49. The Balaban J connectivity index is 1.90. The second kappa shape index (κ2) is 8.65. The van der Waals surface area contributed by atoms with Gasteiger partial charge in [-0.25, -0.2) is 4.98 Å². The summed E-state index contributed by atoms with van der Waals surface area (Å²) in [4.78, 5) is 4.43. The number of imidazole rings is 1. The highest BCUT2D eigenvalue weighted by Crippen LogP contribution is 2.32. The Hall–Kier alpha value is -2.54. The predicted molar refractivity (Wildman–Crippen MR) is 101 cm³/mol. The molecule has 1 heterocycles. The smallest absolute Gasteiger partial charge is 0.416 e. The van der Waals surface area contributed by atoms with Gasteiger partial charge in [-0.1, -0.05) is 18.2 Å². The van der Waals surface area contributed by atoms with Gasteiger partial charge in [-0.05, 0) is 50.1 Å². The third kappa shape index (κ3) is 4.65. The Bertz CT molecular complexity index is 935. The van der Waals surface area contributed by atoms with E-state index in [-0.39, 0.29) is 6.61 Å². The van der Waals surface area contributed by atoms with Crippen molar-refractivity contribution in [2.24, 2.45) is 0 Å². The van der Waals surface area contributed by atoms with Gasteiger partial charge in [-0.15, -0.1) is 0 Å². The van der Waals surface area contributed by atoms with Gasteiger partial charge in [0, 0.05) is 19.8 Å². The fourth-order valence-electron chi connectivity index (χ4n) is 3.05. The molecule has 0 fully saturated rings. The zero-order chi connectivity index (χ0) is 20.1. The average molecular weight is 392 g/mol. The maximum atomic E-state index is 13.0. The van der Waals surface area contributed by atoms with E-state index < -0.39 is 11.7 Å². The van der Waals surface area contributed by atoms with E-state index in [9.17, 15) is 13.2 Å². The van der Waals surface area contributed by atoms with Crippen molar-refractivity contribution >= 4 is 11.0 Å². The molecule has 3 rings (SSSR count). The molecular weight excluding hydrogens is 369 g/mol.